The van der Waals surface area contributed by atoms with Gasteiger partial charge in [0.15, 0.2) is 0 Å². The summed E-state index contributed by atoms with van der Waals surface area (Å²) in [4.78, 5) is 14.3. The molecule has 1 unspecified atom stereocenters. The zero-order valence-electron chi connectivity index (χ0n) is 11.6. The first-order valence-corrected chi connectivity index (χ1v) is 7.41. The van der Waals surface area contributed by atoms with Gasteiger partial charge in [0.05, 0.1) is 12.7 Å². The summed E-state index contributed by atoms with van der Waals surface area (Å²) in [6, 6.07) is 4.77. The summed E-state index contributed by atoms with van der Waals surface area (Å²) in [5, 5.41) is 9.94. The number of rotatable bonds is 4. The molecule has 1 saturated heterocycles. The Morgan fingerprint density at radius 1 is 1.55 bits per heavy atom. The first-order valence-electron chi connectivity index (χ1n) is 6.88. The van der Waals surface area contributed by atoms with E-state index in [0.29, 0.717) is 23.1 Å². The highest BCUT2D eigenvalue weighted by Gasteiger charge is 2.25. The fourth-order valence-electron chi connectivity index (χ4n) is 2.63. The molecular formula is C15H20ClNO3. The number of phenols is 1. The number of hydrogen-bond acceptors (Lipinski definition) is 3. The van der Waals surface area contributed by atoms with Gasteiger partial charge in [0.1, 0.15) is 11.5 Å². The third-order valence-electron chi connectivity index (χ3n) is 3.76. The third kappa shape index (κ3) is 3.37. The second-order valence-corrected chi connectivity index (χ2v) is 5.50. The molecule has 1 aliphatic rings. The fourth-order valence-corrected chi connectivity index (χ4v) is 2.94. The summed E-state index contributed by atoms with van der Waals surface area (Å²) < 4.78 is 5.02. The molecule has 0 radical (unpaired) electrons. The van der Waals surface area contributed by atoms with Crippen LogP contribution in [0.15, 0.2) is 18.2 Å². The van der Waals surface area contributed by atoms with Crippen molar-refractivity contribution in [1.82, 2.24) is 4.90 Å². The normalized spacial score (nSPS) is 18.9. The molecule has 0 aromatic heterocycles. The van der Waals surface area contributed by atoms with Crippen LogP contribution < -0.4 is 4.74 Å². The predicted molar refractivity (Wildman–Crippen MR) is 78.6 cm³/mol. The zero-order valence-corrected chi connectivity index (χ0v) is 12.4. The van der Waals surface area contributed by atoms with Gasteiger partial charge in [0.2, 0.25) is 0 Å². The lowest BCUT2D eigenvalue weighted by Gasteiger charge is -2.32. The van der Waals surface area contributed by atoms with E-state index in [0.717, 1.165) is 32.4 Å². The molecule has 5 heteroatoms. The smallest absolute Gasteiger partial charge is 0.257 e. The quantitative estimate of drug-likeness (QED) is 0.869. The van der Waals surface area contributed by atoms with Crippen molar-refractivity contribution in [2.45, 2.75) is 19.3 Å². The van der Waals surface area contributed by atoms with Gasteiger partial charge in [-0.3, -0.25) is 4.79 Å². The minimum Gasteiger partial charge on any atom is -0.507 e. The van der Waals surface area contributed by atoms with Crippen LogP contribution in [0.4, 0.5) is 0 Å². The Morgan fingerprint density at radius 2 is 2.35 bits per heavy atom. The number of nitrogens with zero attached hydrogens (tertiary/aromatic N) is 1. The highest BCUT2D eigenvalue weighted by molar-refractivity contribution is 6.17. The lowest BCUT2D eigenvalue weighted by atomic mass is 9.95. The summed E-state index contributed by atoms with van der Waals surface area (Å²) in [6.45, 7) is 1.46. The average molecular weight is 298 g/mol. The Balaban J connectivity index is 2.10. The number of piperidine rings is 1. The number of carbonyl (C=O) groups is 1. The van der Waals surface area contributed by atoms with E-state index in [1.807, 2.05) is 4.90 Å². The summed E-state index contributed by atoms with van der Waals surface area (Å²) in [6.07, 6.45) is 3.04. The van der Waals surface area contributed by atoms with E-state index >= 15 is 0 Å². The van der Waals surface area contributed by atoms with Crippen LogP contribution >= 0.6 is 11.6 Å². The van der Waals surface area contributed by atoms with Crippen molar-refractivity contribution in [3.8, 4) is 11.5 Å². The maximum absolute atomic E-state index is 12.5. The van der Waals surface area contributed by atoms with Gasteiger partial charge in [-0.1, -0.05) is 0 Å². The molecule has 0 aliphatic carbocycles. The van der Waals surface area contributed by atoms with Gasteiger partial charge in [0, 0.05) is 25.0 Å². The molecule has 1 aliphatic heterocycles. The molecule has 2 rings (SSSR count). The van der Waals surface area contributed by atoms with Crippen LogP contribution in [0.2, 0.25) is 0 Å². The number of halogens is 1. The second kappa shape index (κ2) is 6.84. The molecule has 1 aromatic rings. The second-order valence-electron chi connectivity index (χ2n) is 5.12. The van der Waals surface area contributed by atoms with Crippen LogP contribution in [-0.4, -0.2) is 42.0 Å². The van der Waals surface area contributed by atoms with Crippen LogP contribution in [0.5, 0.6) is 11.5 Å². The van der Waals surface area contributed by atoms with Crippen molar-refractivity contribution in [2.24, 2.45) is 5.92 Å². The molecular weight excluding hydrogens is 278 g/mol. The maximum atomic E-state index is 12.5. The zero-order chi connectivity index (χ0) is 14.5. The molecule has 20 heavy (non-hydrogen) atoms. The minimum absolute atomic E-state index is 0.0335. The monoisotopic (exact) mass is 297 g/mol. The molecule has 4 nitrogen and oxygen atoms in total. The highest BCUT2D eigenvalue weighted by atomic mass is 35.5. The third-order valence-corrected chi connectivity index (χ3v) is 3.98. The molecule has 1 fully saturated rings. The number of methoxy groups -OCH3 is 1. The number of aromatic hydroxyl groups is 1. The average Bonchev–Trinajstić information content (AvgIpc) is 2.47. The Labute approximate surface area is 124 Å². The molecule has 1 N–H and O–H groups in total. The summed E-state index contributed by atoms with van der Waals surface area (Å²) in [5.41, 5.74) is 0.331. The standard InChI is InChI=1S/C15H20ClNO3/c1-20-12-4-5-13(14(18)9-12)15(19)17-8-2-3-11(10-17)6-7-16/h4-5,9,11,18H,2-3,6-8,10H2,1H3. The Hall–Kier alpha value is -1.42. The molecule has 0 spiro atoms. The van der Waals surface area contributed by atoms with Gasteiger partial charge in [-0.2, -0.15) is 0 Å². The van der Waals surface area contributed by atoms with E-state index in [2.05, 4.69) is 0 Å². The van der Waals surface area contributed by atoms with Crippen molar-refractivity contribution in [3.05, 3.63) is 23.8 Å². The van der Waals surface area contributed by atoms with Crippen molar-refractivity contribution in [2.75, 3.05) is 26.1 Å². The van der Waals surface area contributed by atoms with Crippen molar-refractivity contribution in [3.63, 3.8) is 0 Å². The van der Waals surface area contributed by atoms with Crippen LogP contribution in [0.3, 0.4) is 0 Å². The summed E-state index contributed by atoms with van der Waals surface area (Å²) in [5.74, 6) is 1.47. The SMILES string of the molecule is COc1ccc(C(=O)N2CCCC(CCCl)C2)c(O)c1. The van der Waals surface area contributed by atoms with Crippen LogP contribution in [0.1, 0.15) is 29.6 Å². The molecule has 0 bridgehead atoms. The van der Waals surface area contributed by atoms with E-state index < -0.39 is 0 Å². The van der Waals surface area contributed by atoms with Crippen LogP contribution in [-0.2, 0) is 0 Å². The van der Waals surface area contributed by atoms with E-state index in [1.54, 1.807) is 12.1 Å². The number of alkyl halides is 1. The van der Waals surface area contributed by atoms with Crippen LogP contribution in [0.25, 0.3) is 0 Å². The van der Waals surface area contributed by atoms with Gasteiger partial charge < -0.3 is 14.7 Å². The lowest BCUT2D eigenvalue weighted by Crippen LogP contribution is -2.40. The van der Waals surface area contributed by atoms with Gasteiger partial charge in [0.25, 0.3) is 5.91 Å². The molecule has 1 atom stereocenters. The van der Waals surface area contributed by atoms with Gasteiger partial charge in [-0.15, -0.1) is 11.6 Å². The number of hydrogen-bond donors (Lipinski definition) is 1. The van der Waals surface area contributed by atoms with Crippen molar-refractivity contribution in [1.29, 1.82) is 0 Å². The first-order chi connectivity index (χ1) is 9.65. The predicted octanol–water partition coefficient (Wildman–Crippen LogP) is 2.88. The van der Waals surface area contributed by atoms with E-state index in [9.17, 15) is 9.90 Å². The minimum atomic E-state index is -0.121. The lowest BCUT2D eigenvalue weighted by molar-refractivity contribution is 0.0668. The Morgan fingerprint density at radius 3 is 3.00 bits per heavy atom. The maximum Gasteiger partial charge on any atom is 0.257 e. The molecule has 1 heterocycles. The van der Waals surface area contributed by atoms with E-state index in [4.69, 9.17) is 16.3 Å². The van der Waals surface area contributed by atoms with Crippen molar-refractivity contribution < 1.29 is 14.6 Å². The molecule has 1 amide bonds. The highest BCUT2D eigenvalue weighted by Crippen LogP contribution is 2.27. The number of benzene rings is 1. The number of likely N-dealkylation sites (tertiary alicyclic amines) is 1. The molecule has 0 saturated carbocycles. The van der Waals surface area contributed by atoms with Crippen LogP contribution in [0, 0.1) is 5.92 Å². The van der Waals surface area contributed by atoms with Gasteiger partial charge in [-0.05, 0) is 37.3 Å². The number of phenolic OH excluding ortho intramolecular Hbond substituents is 1. The largest absolute Gasteiger partial charge is 0.507 e. The topological polar surface area (TPSA) is 49.8 Å². The first kappa shape index (κ1) is 15.0. The van der Waals surface area contributed by atoms with Gasteiger partial charge in [-0.25, -0.2) is 0 Å². The summed E-state index contributed by atoms with van der Waals surface area (Å²) >= 11 is 5.78. The van der Waals surface area contributed by atoms with Crippen molar-refractivity contribution >= 4 is 17.5 Å². The van der Waals surface area contributed by atoms with E-state index in [-0.39, 0.29) is 11.7 Å². The number of amides is 1. The number of ether oxygens (including phenoxy) is 1. The van der Waals surface area contributed by atoms with E-state index in [1.165, 1.54) is 13.2 Å². The molecule has 110 valence electrons. The van der Waals surface area contributed by atoms with Gasteiger partial charge >= 0.3 is 0 Å². The number of carbonyl (C=O) groups excluding carboxylic acids is 1. The Kier molecular flexibility index (Phi) is 5.12. The molecule has 1 aromatic carbocycles. The fraction of sp³-hybridized carbons (Fsp3) is 0.533. The summed E-state index contributed by atoms with van der Waals surface area (Å²) in [7, 11) is 1.53. The Bertz CT molecular complexity index is 476.